The van der Waals surface area contributed by atoms with E-state index in [9.17, 15) is 0 Å². The van der Waals surface area contributed by atoms with Crippen LogP contribution in [0.15, 0.2) is 6.20 Å². The van der Waals surface area contributed by atoms with Crippen molar-refractivity contribution in [2.75, 3.05) is 19.5 Å². The molecule has 1 aromatic rings. The molecule has 1 rings (SSSR count). The van der Waals surface area contributed by atoms with Crippen molar-refractivity contribution in [3.8, 4) is 0 Å². The SMILES string of the molecule is C.C.COCC(C)n1cc(N)nn1.S. The lowest BCUT2D eigenvalue weighted by Crippen LogP contribution is -2.11. The standard InChI is InChI=1S/C6H12N4O.2CH4.H2S/c1-5(4-11-2)10-3-6(7)8-9-10;;;/h3,5H,4,7H2,1-2H3;2*1H4;1H2. The summed E-state index contributed by atoms with van der Waals surface area (Å²) in [5, 5.41) is 7.45. The smallest absolute Gasteiger partial charge is 0.165 e. The first kappa shape index (κ1) is 18.9. The van der Waals surface area contributed by atoms with Gasteiger partial charge in [-0.2, -0.15) is 13.5 Å². The highest BCUT2D eigenvalue weighted by Gasteiger charge is 2.04. The molecular weight excluding hydrogens is 200 g/mol. The Labute approximate surface area is 93.1 Å². The Morgan fingerprint density at radius 1 is 1.57 bits per heavy atom. The number of methoxy groups -OCH3 is 1. The van der Waals surface area contributed by atoms with Gasteiger partial charge in [0.2, 0.25) is 0 Å². The molecule has 0 aliphatic rings. The minimum Gasteiger partial charge on any atom is -0.382 e. The van der Waals surface area contributed by atoms with Crippen LogP contribution in [0.1, 0.15) is 27.8 Å². The van der Waals surface area contributed by atoms with Gasteiger partial charge in [0.1, 0.15) is 0 Å². The second kappa shape index (κ2) is 8.83. The van der Waals surface area contributed by atoms with Crippen molar-refractivity contribution in [3.63, 3.8) is 0 Å². The lowest BCUT2D eigenvalue weighted by atomic mass is 10.4. The Balaban J connectivity index is -0.000000403. The largest absolute Gasteiger partial charge is 0.382 e. The zero-order valence-corrected chi connectivity index (χ0v) is 8.19. The molecule has 6 heteroatoms. The number of nitrogens with two attached hydrogens (primary N) is 1. The second-order valence-corrected chi connectivity index (χ2v) is 2.43. The van der Waals surface area contributed by atoms with E-state index in [4.69, 9.17) is 10.5 Å². The van der Waals surface area contributed by atoms with Gasteiger partial charge in [0, 0.05) is 7.11 Å². The van der Waals surface area contributed by atoms with Crippen molar-refractivity contribution >= 4 is 19.3 Å². The summed E-state index contributed by atoms with van der Waals surface area (Å²) in [5.74, 6) is 0.438. The van der Waals surface area contributed by atoms with Crippen LogP contribution in [0.25, 0.3) is 0 Å². The van der Waals surface area contributed by atoms with E-state index in [1.165, 1.54) is 0 Å². The average Bonchev–Trinajstić information content (AvgIpc) is 2.36. The molecule has 0 amide bonds. The molecular formula is C8H22N4OS. The number of hydrogen-bond donors (Lipinski definition) is 1. The van der Waals surface area contributed by atoms with Crippen molar-refractivity contribution in [2.45, 2.75) is 27.8 Å². The Bertz CT molecular complexity index is 229. The van der Waals surface area contributed by atoms with Gasteiger partial charge in [0.05, 0.1) is 18.8 Å². The quantitative estimate of drug-likeness (QED) is 0.840. The molecule has 2 N–H and O–H groups in total. The van der Waals surface area contributed by atoms with Crippen LogP contribution in [0.4, 0.5) is 5.82 Å². The molecule has 1 heterocycles. The number of rotatable bonds is 3. The van der Waals surface area contributed by atoms with Crippen LogP contribution < -0.4 is 5.73 Å². The van der Waals surface area contributed by atoms with Crippen molar-refractivity contribution in [1.29, 1.82) is 0 Å². The molecule has 5 nitrogen and oxygen atoms in total. The topological polar surface area (TPSA) is 66.0 Å². The maximum absolute atomic E-state index is 5.38. The number of anilines is 1. The number of nitrogens with zero attached hydrogens (tertiary/aromatic N) is 3. The van der Waals surface area contributed by atoms with E-state index >= 15 is 0 Å². The van der Waals surface area contributed by atoms with Crippen LogP contribution in [0.3, 0.4) is 0 Å². The predicted octanol–water partition coefficient (Wildman–Crippen LogP) is 1.45. The van der Waals surface area contributed by atoms with Gasteiger partial charge in [-0.3, -0.25) is 0 Å². The third-order valence-corrected chi connectivity index (χ3v) is 1.39. The van der Waals surface area contributed by atoms with E-state index in [1.54, 1.807) is 18.0 Å². The van der Waals surface area contributed by atoms with Gasteiger partial charge < -0.3 is 10.5 Å². The van der Waals surface area contributed by atoms with Gasteiger partial charge >= 0.3 is 0 Å². The molecule has 1 atom stereocenters. The summed E-state index contributed by atoms with van der Waals surface area (Å²) < 4.78 is 6.62. The molecule has 0 aromatic carbocycles. The molecule has 1 unspecified atom stereocenters. The van der Waals surface area contributed by atoms with Crippen LogP contribution in [0.5, 0.6) is 0 Å². The number of aromatic nitrogens is 3. The minimum absolute atomic E-state index is 0. The summed E-state index contributed by atoms with van der Waals surface area (Å²) in [5.41, 5.74) is 5.38. The summed E-state index contributed by atoms with van der Waals surface area (Å²) in [4.78, 5) is 0. The number of nitrogen functional groups attached to an aromatic ring is 1. The van der Waals surface area contributed by atoms with Crippen LogP contribution >= 0.6 is 13.5 Å². The monoisotopic (exact) mass is 222 g/mol. The normalized spacial score (nSPS) is 10.4. The van der Waals surface area contributed by atoms with E-state index in [0.29, 0.717) is 12.4 Å². The minimum atomic E-state index is 0. The van der Waals surface area contributed by atoms with E-state index in [-0.39, 0.29) is 34.4 Å². The summed E-state index contributed by atoms with van der Waals surface area (Å²) in [6.07, 6.45) is 1.68. The lowest BCUT2D eigenvalue weighted by Gasteiger charge is -2.08. The molecule has 0 fully saturated rings. The maximum Gasteiger partial charge on any atom is 0.165 e. The fraction of sp³-hybridized carbons (Fsp3) is 0.750. The Hall–Kier alpha value is -0.750. The summed E-state index contributed by atoms with van der Waals surface area (Å²) >= 11 is 0. The summed E-state index contributed by atoms with van der Waals surface area (Å²) in [7, 11) is 1.65. The first-order valence-electron chi connectivity index (χ1n) is 3.40. The number of ether oxygens (including phenoxy) is 1. The van der Waals surface area contributed by atoms with Gasteiger partial charge in [0.25, 0.3) is 0 Å². The van der Waals surface area contributed by atoms with Crippen molar-refractivity contribution < 1.29 is 4.74 Å². The third-order valence-electron chi connectivity index (χ3n) is 1.39. The first-order chi connectivity index (χ1) is 5.24. The van der Waals surface area contributed by atoms with Gasteiger partial charge in [-0.25, -0.2) is 4.68 Å². The Kier molecular flexibility index (Phi) is 11.9. The van der Waals surface area contributed by atoms with Gasteiger partial charge in [-0.15, -0.1) is 5.10 Å². The molecule has 14 heavy (non-hydrogen) atoms. The second-order valence-electron chi connectivity index (χ2n) is 2.43. The highest BCUT2D eigenvalue weighted by atomic mass is 32.1. The highest BCUT2D eigenvalue weighted by molar-refractivity contribution is 7.59. The fourth-order valence-electron chi connectivity index (χ4n) is 0.823. The van der Waals surface area contributed by atoms with Gasteiger partial charge in [0.15, 0.2) is 5.82 Å². The molecule has 1 aromatic heterocycles. The van der Waals surface area contributed by atoms with E-state index < -0.39 is 0 Å². The molecule has 0 spiro atoms. The zero-order chi connectivity index (χ0) is 8.27. The molecule has 0 saturated heterocycles. The maximum atomic E-state index is 5.38. The molecule has 0 radical (unpaired) electrons. The van der Waals surface area contributed by atoms with Crippen molar-refractivity contribution in [2.24, 2.45) is 0 Å². The number of hydrogen-bond acceptors (Lipinski definition) is 4. The summed E-state index contributed by atoms with van der Waals surface area (Å²) in [6, 6.07) is 0.185. The highest BCUT2D eigenvalue weighted by Crippen LogP contribution is 2.04. The van der Waals surface area contributed by atoms with E-state index in [0.717, 1.165) is 0 Å². The Morgan fingerprint density at radius 2 is 2.14 bits per heavy atom. The fourth-order valence-corrected chi connectivity index (χ4v) is 0.823. The molecule has 0 aliphatic heterocycles. The van der Waals surface area contributed by atoms with E-state index in [2.05, 4.69) is 10.3 Å². The molecule has 0 aliphatic carbocycles. The van der Waals surface area contributed by atoms with Crippen molar-refractivity contribution in [3.05, 3.63) is 6.20 Å². The zero-order valence-electron chi connectivity index (χ0n) is 7.19. The van der Waals surface area contributed by atoms with Crippen LogP contribution in [0, 0.1) is 0 Å². The summed E-state index contributed by atoms with van der Waals surface area (Å²) in [6.45, 7) is 2.60. The van der Waals surface area contributed by atoms with Gasteiger partial charge in [-0.05, 0) is 6.92 Å². The average molecular weight is 222 g/mol. The van der Waals surface area contributed by atoms with E-state index in [1.807, 2.05) is 6.92 Å². The van der Waals surface area contributed by atoms with Crippen LogP contribution in [-0.4, -0.2) is 28.7 Å². The van der Waals surface area contributed by atoms with Gasteiger partial charge in [-0.1, -0.05) is 20.1 Å². The predicted molar refractivity (Wildman–Crippen MR) is 64.9 cm³/mol. The van der Waals surface area contributed by atoms with Crippen LogP contribution in [0.2, 0.25) is 0 Å². The molecule has 0 bridgehead atoms. The first-order valence-corrected chi connectivity index (χ1v) is 3.40. The Morgan fingerprint density at radius 3 is 2.50 bits per heavy atom. The molecule has 0 saturated carbocycles. The van der Waals surface area contributed by atoms with Crippen LogP contribution in [-0.2, 0) is 4.74 Å². The molecule has 86 valence electrons. The van der Waals surface area contributed by atoms with Crippen molar-refractivity contribution in [1.82, 2.24) is 15.0 Å². The third kappa shape index (κ3) is 5.08. The lowest BCUT2D eigenvalue weighted by molar-refractivity contribution is 0.156.